The predicted octanol–water partition coefficient (Wildman–Crippen LogP) is 3.20. The van der Waals surface area contributed by atoms with E-state index in [-0.39, 0.29) is 18.1 Å². The fraction of sp³-hybridized carbons (Fsp3) is 0.333. The highest BCUT2D eigenvalue weighted by Crippen LogP contribution is 2.46. The lowest BCUT2D eigenvalue weighted by atomic mass is 9.95. The van der Waals surface area contributed by atoms with Crippen LogP contribution in [0.4, 0.5) is 5.82 Å². The molecule has 130 valence electrons. The van der Waals surface area contributed by atoms with Crippen molar-refractivity contribution >= 4 is 29.7 Å². The van der Waals surface area contributed by atoms with Crippen LogP contribution >= 0.6 is 11.6 Å². The Hall–Kier alpha value is -2.31. The van der Waals surface area contributed by atoms with Crippen molar-refractivity contribution in [1.29, 1.82) is 0 Å². The lowest BCUT2D eigenvalue weighted by Gasteiger charge is -2.27. The molecule has 6 nitrogen and oxygen atoms in total. The van der Waals surface area contributed by atoms with E-state index in [1.165, 1.54) is 0 Å². The number of rotatable bonds is 1. The Bertz CT molecular complexity index is 915. The average molecular weight is 358 g/mol. The van der Waals surface area contributed by atoms with Crippen LogP contribution in [0, 0.1) is 0 Å². The number of benzene rings is 1. The van der Waals surface area contributed by atoms with Gasteiger partial charge in [0.1, 0.15) is 12.0 Å². The molecule has 2 aliphatic heterocycles. The summed E-state index contributed by atoms with van der Waals surface area (Å²) in [5.41, 5.74) is 10.9. The fourth-order valence-corrected chi connectivity index (χ4v) is 3.86. The van der Waals surface area contributed by atoms with Crippen LogP contribution in [-0.4, -0.2) is 28.8 Å². The summed E-state index contributed by atoms with van der Waals surface area (Å²) < 4.78 is 2.16. The number of nitrogens with zero attached hydrogens (tertiary/aromatic N) is 3. The van der Waals surface area contributed by atoms with Gasteiger partial charge in [0.25, 0.3) is 5.91 Å². The van der Waals surface area contributed by atoms with Gasteiger partial charge in [-0.1, -0.05) is 17.7 Å². The standard InChI is InChI=1S/C18H20ClN5O/c1-9(2)24-13-7-21-18(25)12-6-10(19)4-5-11(12)14(13)15-16(20)23(3)8-22-17(15)24/h4-6,8-9,16H,7,20H2,1-3H3,(H,21,25). The van der Waals surface area contributed by atoms with Crippen LogP contribution in [0.3, 0.4) is 0 Å². The van der Waals surface area contributed by atoms with Crippen molar-refractivity contribution in [3.8, 4) is 11.1 Å². The van der Waals surface area contributed by atoms with Gasteiger partial charge in [-0.05, 0) is 31.5 Å². The lowest BCUT2D eigenvalue weighted by Crippen LogP contribution is -2.32. The normalized spacial score (nSPS) is 18.6. The molecule has 0 radical (unpaired) electrons. The van der Waals surface area contributed by atoms with Gasteiger partial charge in [-0.3, -0.25) is 4.79 Å². The van der Waals surface area contributed by atoms with Gasteiger partial charge in [0.2, 0.25) is 0 Å². The molecule has 1 atom stereocenters. The molecule has 2 aromatic rings. The Morgan fingerprint density at radius 2 is 2.12 bits per heavy atom. The second kappa shape index (κ2) is 5.61. The molecule has 1 unspecified atom stereocenters. The molecule has 3 heterocycles. The molecular weight excluding hydrogens is 338 g/mol. The number of carbonyl (C=O) groups excluding carboxylic acids is 1. The number of nitrogens with one attached hydrogen (secondary N) is 1. The molecule has 2 aliphatic rings. The monoisotopic (exact) mass is 357 g/mol. The summed E-state index contributed by atoms with van der Waals surface area (Å²) in [6.07, 6.45) is 1.44. The zero-order valence-electron chi connectivity index (χ0n) is 14.4. The molecule has 0 saturated heterocycles. The van der Waals surface area contributed by atoms with Crippen LogP contribution in [0.5, 0.6) is 0 Å². The van der Waals surface area contributed by atoms with Crippen LogP contribution in [0.15, 0.2) is 23.2 Å². The maximum absolute atomic E-state index is 12.6. The third-order valence-electron chi connectivity index (χ3n) is 4.84. The van der Waals surface area contributed by atoms with Crippen molar-refractivity contribution in [3.63, 3.8) is 0 Å². The highest BCUT2D eigenvalue weighted by atomic mass is 35.5. The Morgan fingerprint density at radius 1 is 1.36 bits per heavy atom. The van der Waals surface area contributed by atoms with E-state index in [9.17, 15) is 4.79 Å². The van der Waals surface area contributed by atoms with Crippen LogP contribution in [0.2, 0.25) is 5.02 Å². The smallest absolute Gasteiger partial charge is 0.252 e. The van der Waals surface area contributed by atoms with Crippen molar-refractivity contribution in [2.45, 2.75) is 32.6 Å². The van der Waals surface area contributed by atoms with Crippen molar-refractivity contribution < 1.29 is 4.79 Å². The van der Waals surface area contributed by atoms with Gasteiger partial charge in [-0.2, -0.15) is 0 Å². The quantitative estimate of drug-likeness (QED) is 0.822. The summed E-state index contributed by atoms with van der Waals surface area (Å²) in [5.74, 6) is 0.738. The second-order valence-corrected chi connectivity index (χ2v) is 7.19. The zero-order valence-corrected chi connectivity index (χ0v) is 15.1. The van der Waals surface area contributed by atoms with Gasteiger partial charge in [0, 0.05) is 40.5 Å². The molecule has 0 fully saturated rings. The minimum absolute atomic E-state index is 0.126. The molecule has 1 aromatic heterocycles. The van der Waals surface area contributed by atoms with E-state index in [0.29, 0.717) is 17.1 Å². The number of hydrogen-bond acceptors (Lipinski definition) is 4. The first-order valence-corrected chi connectivity index (χ1v) is 8.64. The molecule has 3 N–H and O–H groups in total. The van der Waals surface area contributed by atoms with E-state index >= 15 is 0 Å². The highest BCUT2D eigenvalue weighted by molar-refractivity contribution is 6.31. The van der Waals surface area contributed by atoms with E-state index < -0.39 is 0 Å². The molecule has 4 rings (SSSR count). The number of aromatic nitrogens is 1. The number of fused-ring (bicyclic) bond motifs is 5. The summed E-state index contributed by atoms with van der Waals surface area (Å²) in [4.78, 5) is 19.1. The van der Waals surface area contributed by atoms with Crippen LogP contribution < -0.4 is 11.1 Å². The van der Waals surface area contributed by atoms with E-state index in [1.54, 1.807) is 12.4 Å². The van der Waals surface area contributed by atoms with Crippen LogP contribution in [0.1, 0.15) is 47.7 Å². The van der Waals surface area contributed by atoms with E-state index in [0.717, 1.165) is 28.2 Å². The Morgan fingerprint density at radius 3 is 2.84 bits per heavy atom. The predicted molar refractivity (Wildman–Crippen MR) is 99.3 cm³/mol. The summed E-state index contributed by atoms with van der Waals surface area (Å²) in [6.45, 7) is 4.64. The topological polar surface area (TPSA) is 75.6 Å². The summed E-state index contributed by atoms with van der Waals surface area (Å²) >= 11 is 6.13. The molecule has 0 bridgehead atoms. The highest BCUT2D eigenvalue weighted by Gasteiger charge is 2.34. The zero-order chi connectivity index (χ0) is 17.9. The Kier molecular flexibility index (Phi) is 3.63. The van der Waals surface area contributed by atoms with Gasteiger partial charge in [-0.15, -0.1) is 0 Å². The van der Waals surface area contributed by atoms with E-state index in [2.05, 4.69) is 28.7 Å². The molecule has 1 aromatic carbocycles. The number of amides is 1. The maximum atomic E-state index is 12.6. The number of nitrogens with two attached hydrogens (primary N) is 1. The van der Waals surface area contributed by atoms with Gasteiger partial charge >= 0.3 is 0 Å². The van der Waals surface area contributed by atoms with Crippen molar-refractivity contribution in [2.24, 2.45) is 10.7 Å². The average Bonchev–Trinajstić information content (AvgIpc) is 2.84. The van der Waals surface area contributed by atoms with Crippen molar-refractivity contribution in [1.82, 2.24) is 14.8 Å². The third-order valence-corrected chi connectivity index (χ3v) is 5.08. The first-order valence-electron chi connectivity index (χ1n) is 8.27. The molecule has 0 aliphatic carbocycles. The fourth-order valence-electron chi connectivity index (χ4n) is 3.69. The van der Waals surface area contributed by atoms with Crippen LogP contribution in [0.25, 0.3) is 11.1 Å². The SMILES string of the molecule is CC(C)n1c2c(c3c1N=CN(C)C3N)-c1ccc(Cl)cc1C(=O)NC2. The largest absolute Gasteiger partial charge is 0.346 e. The summed E-state index contributed by atoms with van der Waals surface area (Å²) in [7, 11) is 1.90. The minimum Gasteiger partial charge on any atom is -0.346 e. The van der Waals surface area contributed by atoms with Gasteiger partial charge in [-0.25, -0.2) is 4.99 Å². The molecule has 7 heteroatoms. The lowest BCUT2D eigenvalue weighted by molar-refractivity contribution is 0.0952. The number of carbonyl (C=O) groups is 1. The Balaban J connectivity index is 2.11. The van der Waals surface area contributed by atoms with E-state index in [4.69, 9.17) is 17.3 Å². The number of halogens is 1. The summed E-state index contributed by atoms with van der Waals surface area (Å²) in [6, 6.07) is 5.61. The van der Waals surface area contributed by atoms with Crippen molar-refractivity contribution in [3.05, 3.63) is 40.0 Å². The molecule has 25 heavy (non-hydrogen) atoms. The number of aliphatic imine (C=N–C) groups is 1. The van der Waals surface area contributed by atoms with Crippen LogP contribution in [-0.2, 0) is 6.54 Å². The molecule has 0 saturated carbocycles. The Labute approximate surface area is 151 Å². The van der Waals surface area contributed by atoms with Gasteiger partial charge < -0.3 is 20.5 Å². The minimum atomic E-state index is -0.321. The first-order chi connectivity index (χ1) is 11.9. The third kappa shape index (κ3) is 2.28. The van der Waals surface area contributed by atoms with Crippen molar-refractivity contribution in [2.75, 3.05) is 7.05 Å². The summed E-state index contributed by atoms with van der Waals surface area (Å²) in [5, 5.41) is 3.53. The van der Waals surface area contributed by atoms with Gasteiger partial charge in [0.05, 0.1) is 12.9 Å². The number of hydrogen-bond donors (Lipinski definition) is 2. The second-order valence-electron chi connectivity index (χ2n) is 6.75. The molecule has 1 amide bonds. The molecule has 0 spiro atoms. The van der Waals surface area contributed by atoms with E-state index in [1.807, 2.05) is 24.1 Å². The maximum Gasteiger partial charge on any atom is 0.252 e. The van der Waals surface area contributed by atoms with Gasteiger partial charge in [0.15, 0.2) is 0 Å². The molecular formula is C18H20ClN5O. The first kappa shape index (κ1) is 16.2.